The van der Waals surface area contributed by atoms with Gasteiger partial charge in [0.15, 0.2) is 0 Å². The van der Waals surface area contributed by atoms with E-state index in [9.17, 15) is 5.11 Å². The van der Waals surface area contributed by atoms with Crippen LogP contribution in [0.3, 0.4) is 0 Å². The molecule has 2 aromatic carbocycles. The molecule has 1 nitrogen and oxygen atoms in total. The third-order valence-electron chi connectivity index (χ3n) is 4.75. The summed E-state index contributed by atoms with van der Waals surface area (Å²) in [6, 6.07) is 20.9. The highest BCUT2D eigenvalue weighted by Crippen LogP contribution is 2.44. The highest BCUT2D eigenvalue weighted by Gasteiger charge is 2.41. The van der Waals surface area contributed by atoms with Crippen LogP contribution in [0.5, 0.6) is 0 Å². The fourth-order valence-corrected chi connectivity index (χ4v) is 3.62. The zero-order valence-electron chi connectivity index (χ0n) is 11.8. The molecule has 0 spiro atoms. The average Bonchev–Trinajstić information content (AvgIpc) is 3.00. The molecule has 1 unspecified atom stereocenters. The normalized spacial score (nSPS) is 18.9. The summed E-state index contributed by atoms with van der Waals surface area (Å²) in [4.78, 5) is 0. The minimum absolute atomic E-state index is 0.0445. The van der Waals surface area contributed by atoms with E-state index in [2.05, 4.69) is 42.5 Å². The van der Waals surface area contributed by atoms with Gasteiger partial charge in [0.1, 0.15) is 0 Å². The molecular weight excluding hydrogens is 244 g/mol. The Bertz CT molecular complexity index is 526. The van der Waals surface area contributed by atoms with Crippen LogP contribution in [-0.2, 0) is 11.8 Å². The molecule has 1 aliphatic rings. The van der Waals surface area contributed by atoms with Gasteiger partial charge in [-0.15, -0.1) is 0 Å². The minimum atomic E-state index is -0.296. The van der Waals surface area contributed by atoms with Crippen molar-refractivity contribution in [3.05, 3.63) is 71.8 Å². The SMILES string of the molecule is OC(Cc1ccccc1)C1(c2ccccc2)CCCC1. The smallest absolute Gasteiger partial charge is 0.0677 e. The van der Waals surface area contributed by atoms with E-state index in [-0.39, 0.29) is 11.5 Å². The Balaban J connectivity index is 1.87. The van der Waals surface area contributed by atoms with Gasteiger partial charge in [0.25, 0.3) is 0 Å². The number of aliphatic hydroxyl groups is 1. The first kappa shape index (κ1) is 13.4. The van der Waals surface area contributed by atoms with Gasteiger partial charge in [-0.3, -0.25) is 0 Å². The molecular formula is C19H22O. The molecule has 1 N–H and O–H groups in total. The summed E-state index contributed by atoms with van der Waals surface area (Å²) in [6.45, 7) is 0. The fraction of sp³-hybridized carbons (Fsp3) is 0.368. The zero-order chi connectivity index (χ0) is 13.8. The lowest BCUT2D eigenvalue weighted by atomic mass is 9.72. The largest absolute Gasteiger partial charge is 0.392 e. The topological polar surface area (TPSA) is 20.2 Å². The third kappa shape index (κ3) is 2.51. The maximum atomic E-state index is 10.9. The van der Waals surface area contributed by atoms with E-state index < -0.39 is 0 Å². The van der Waals surface area contributed by atoms with E-state index in [1.165, 1.54) is 24.0 Å². The van der Waals surface area contributed by atoms with E-state index in [1.54, 1.807) is 0 Å². The molecule has 104 valence electrons. The summed E-state index contributed by atoms with van der Waals surface area (Å²) in [7, 11) is 0. The lowest BCUT2D eigenvalue weighted by Crippen LogP contribution is -2.38. The third-order valence-corrected chi connectivity index (χ3v) is 4.75. The molecule has 0 bridgehead atoms. The molecule has 1 heteroatoms. The van der Waals surface area contributed by atoms with Crippen LogP contribution < -0.4 is 0 Å². The second-order valence-corrected chi connectivity index (χ2v) is 5.93. The van der Waals surface area contributed by atoms with Gasteiger partial charge in [-0.2, -0.15) is 0 Å². The van der Waals surface area contributed by atoms with Crippen LogP contribution in [0.2, 0.25) is 0 Å². The Morgan fingerprint density at radius 1 is 0.850 bits per heavy atom. The van der Waals surface area contributed by atoms with Gasteiger partial charge in [0.05, 0.1) is 6.10 Å². The second-order valence-electron chi connectivity index (χ2n) is 5.93. The van der Waals surface area contributed by atoms with Crippen molar-refractivity contribution in [3.8, 4) is 0 Å². The fourth-order valence-electron chi connectivity index (χ4n) is 3.62. The maximum absolute atomic E-state index is 10.9. The number of benzene rings is 2. The highest BCUT2D eigenvalue weighted by molar-refractivity contribution is 5.30. The molecule has 1 saturated carbocycles. The van der Waals surface area contributed by atoms with Crippen LogP contribution in [0.1, 0.15) is 36.8 Å². The molecule has 0 heterocycles. The summed E-state index contributed by atoms with van der Waals surface area (Å²) in [5, 5.41) is 10.9. The summed E-state index contributed by atoms with van der Waals surface area (Å²) >= 11 is 0. The second kappa shape index (κ2) is 5.80. The van der Waals surface area contributed by atoms with Gasteiger partial charge >= 0.3 is 0 Å². The molecule has 0 amide bonds. The van der Waals surface area contributed by atoms with E-state index in [4.69, 9.17) is 0 Å². The van der Waals surface area contributed by atoms with Crippen molar-refractivity contribution in [3.63, 3.8) is 0 Å². The molecule has 20 heavy (non-hydrogen) atoms. The Kier molecular flexibility index (Phi) is 3.88. The predicted molar refractivity (Wildman–Crippen MR) is 82.7 cm³/mol. The van der Waals surface area contributed by atoms with Crippen molar-refractivity contribution in [2.45, 2.75) is 43.6 Å². The molecule has 2 aromatic rings. The van der Waals surface area contributed by atoms with Gasteiger partial charge in [0.2, 0.25) is 0 Å². The molecule has 3 rings (SSSR count). The first-order valence-electron chi connectivity index (χ1n) is 7.59. The van der Waals surface area contributed by atoms with Crippen molar-refractivity contribution in [2.24, 2.45) is 0 Å². The van der Waals surface area contributed by atoms with Crippen molar-refractivity contribution >= 4 is 0 Å². The molecule has 1 atom stereocenters. The average molecular weight is 266 g/mol. The first-order valence-corrected chi connectivity index (χ1v) is 7.59. The maximum Gasteiger partial charge on any atom is 0.0677 e. The summed E-state index contributed by atoms with van der Waals surface area (Å²) in [6.07, 6.45) is 5.10. The lowest BCUT2D eigenvalue weighted by Gasteiger charge is -2.35. The van der Waals surface area contributed by atoms with Crippen LogP contribution in [-0.4, -0.2) is 11.2 Å². The quantitative estimate of drug-likeness (QED) is 0.883. The first-order chi connectivity index (χ1) is 9.81. The van der Waals surface area contributed by atoms with Crippen LogP contribution in [0.4, 0.5) is 0 Å². The molecule has 0 aromatic heterocycles. The molecule has 0 radical (unpaired) electrons. The molecule has 0 aliphatic heterocycles. The highest BCUT2D eigenvalue weighted by atomic mass is 16.3. The standard InChI is InChI=1S/C19H22O/c20-18(15-16-9-3-1-4-10-16)19(13-7-8-14-19)17-11-5-2-6-12-17/h1-6,9-12,18,20H,7-8,13-15H2. The molecule has 0 saturated heterocycles. The van der Waals surface area contributed by atoms with Gasteiger partial charge in [-0.25, -0.2) is 0 Å². The lowest BCUT2D eigenvalue weighted by molar-refractivity contribution is 0.0826. The minimum Gasteiger partial charge on any atom is -0.392 e. The van der Waals surface area contributed by atoms with Crippen molar-refractivity contribution in [2.75, 3.05) is 0 Å². The van der Waals surface area contributed by atoms with Crippen LogP contribution in [0, 0.1) is 0 Å². The van der Waals surface area contributed by atoms with Crippen molar-refractivity contribution in [1.29, 1.82) is 0 Å². The van der Waals surface area contributed by atoms with Gasteiger partial charge in [-0.05, 0) is 30.4 Å². The van der Waals surface area contributed by atoms with E-state index in [0.717, 1.165) is 19.3 Å². The summed E-state index contributed by atoms with van der Waals surface area (Å²) in [5.41, 5.74) is 2.49. The summed E-state index contributed by atoms with van der Waals surface area (Å²) < 4.78 is 0. The molecule has 1 aliphatic carbocycles. The van der Waals surface area contributed by atoms with Crippen LogP contribution >= 0.6 is 0 Å². The molecule has 1 fully saturated rings. The van der Waals surface area contributed by atoms with Crippen molar-refractivity contribution in [1.82, 2.24) is 0 Å². The van der Waals surface area contributed by atoms with Crippen molar-refractivity contribution < 1.29 is 5.11 Å². The Hall–Kier alpha value is -1.60. The monoisotopic (exact) mass is 266 g/mol. The Labute approximate surface area is 121 Å². The predicted octanol–water partition coefficient (Wildman–Crippen LogP) is 4.10. The number of rotatable bonds is 4. The number of hydrogen-bond donors (Lipinski definition) is 1. The van der Waals surface area contributed by atoms with Crippen LogP contribution in [0.25, 0.3) is 0 Å². The van der Waals surface area contributed by atoms with Crippen LogP contribution in [0.15, 0.2) is 60.7 Å². The Morgan fingerprint density at radius 2 is 1.40 bits per heavy atom. The Morgan fingerprint density at radius 3 is 2.00 bits per heavy atom. The van der Waals surface area contributed by atoms with E-state index in [1.807, 2.05) is 18.2 Å². The summed E-state index contributed by atoms with van der Waals surface area (Å²) in [5.74, 6) is 0. The van der Waals surface area contributed by atoms with E-state index in [0.29, 0.717) is 0 Å². The van der Waals surface area contributed by atoms with Gasteiger partial charge in [0, 0.05) is 5.41 Å². The number of hydrogen-bond acceptors (Lipinski definition) is 1. The van der Waals surface area contributed by atoms with E-state index >= 15 is 0 Å². The van der Waals surface area contributed by atoms with Gasteiger partial charge < -0.3 is 5.11 Å². The van der Waals surface area contributed by atoms with Gasteiger partial charge in [-0.1, -0.05) is 73.5 Å². The zero-order valence-corrected chi connectivity index (χ0v) is 11.8. The number of aliphatic hydroxyl groups excluding tert-OH is 1.